The number of anilines is 1. The van der Waals surface area contributed by atoms with E-state index in [2.05, 4.69) is 4.72 Å². The van der Waals surface area contributed by atoms with Crippen molar-refractivity contribution >= 4 is 31.5 Å². The van der Waals surface area contributed by atoms with Gasteiger partial charge in [-0.15, -0.1) is 0 Å². The number of sulfone groups is 1. The van der Waals surface area contributed by atoms with Gasteiger partial charge in [-0.25, -0.2) is 21.6 Å². The van der Waals surface area contributed by atoms with Crippen molar-refractivity contribution in [3.05, 3.63) is 54.1 Å². The summed E-state index contributed by atoms with van der Waals surface area (Å²) in [7, 11) is -6.97. The van der Waals surface area contributed by atoms with Crippen molar-refractivity contribution in [2.75, 3.05) is 11.2 Å². The molecule has 0 heterocycles. The molecule has 2 aromatic rings. The molecule has 0 saturated carbocycles. The molecule has 0 atom stereocenters. The summed E-state index contributed by atoms with van der Waals surface area (Å²) in [6.45, 7) is 7.14. The third-order valence-electron chi connectivity index (χ3n) is 4.08. The highest BCUT2D eigenvalue weighted by molar-refractivity contribution is 7.90. The van der Waals surface area contributed by atoms with E-state index in [-0.39, 0.29) is 27.8 Å². The number of carbonyl (C=O) groups is 1. The molecule has 29 heavy (non-hydrogen) atoms. The van der Waals surface area contributed by atoms with Gasteiger partial charge in [0, 0.05) is 29.6 Å². The molecule has 1 amide bonds. The molecule has 7 nitrogen and oxygen atoms in total. The first kappa shape index (κ1) is 23.1. The number of benzene rings is 2. The van der Waals surface area contributed by atoms with Crippen LogP contribution in [0, 0.1) is 0 Å². The number of sulfonamides is 1. The van der Waals surface area contributed by atoms with E-state index in [1.807, 2.05) is 13.8 Å². The van der Waals surface area contributed by atoms with Crippen LogP contribution < -0.4 is 9.62 Å². The third kappa shape index (κ3) is 5.65. The topological polar surface area (TPSA) is 101 Å². The van der Waals surface area contributed by atoms with Crippen molar-refractivity contribution in [2.45, 2.75) is 49.6 Å². The van der Waals surface area contributed by atoms with Crippen LogP contribution in [0.4, 0.5) is 5.69 Å². The molecule has 0 aliphatic heterocycles. The molecule has 2 rings (SSSR count). The Morgan fingerprint density at radius 1 is 0.828 bits per heavy atom. The SMILES string of the molecule is CC(C)NS(=O)(=O)c1ccc(C(=O)N(c2ccc(S(C)(=O)=O)cc2)C(C)C)cc1. The summed E-state index contributed by atoms with van der Waals surface area (Å²) < 4.78 is 50.3. The summed E-state index contributed by atoms with van der Waals surface area (Å²) in [4.78, 5) is 14.8. The maximum Gasteiger partial charge on any atom is 0.258 e. The van der Waals surface area contributed by atoms with Crippen molar-refractivity contribution in [2.24, 2.45) is 0 Å². The van der Waals surface area contributed by atoms with Gasteiger partial charge in [-0.1, -0.05) is 0 Å². The van der Waals surface area contributed by atoms with Crippen molar-refractivity contribution in [3.63, 3.8) is 0 Å². The Balaban J connectivity index is 2.34. The molecule has 0 saturated heterocycles. The van der Waals surface area contributed by atoms with Crippen LogP contribution in [0.2, 0.25) is 0 Å². The number of carbonyl (C=O) groups excluding carboxylic acids is 1. The zero-order valence-electron chi connectivity index (χ0n) is 17.1. The lowest BCUT2D eigenvalue weighted by molar-refractivity contribution is 0.0980. The molecular formula is C20H26N2O5S2. The molecule has 9 heteroatoms. The van der Waals surface area contributed by atoms with Crippen molar-refractivity contribution in [1.82, 2.24) is 4.72 Å². The second-order valence-electron chi connectivity index (χ2n) is 7.34. The van der Waals surface area contributed by atoms with Crippen molar-refractivity contribution in [3.8, 4) is 0 Å². The van der Waals surface area contributed by atoms with E-state index < -0.39 is 19.9 Å². The molecule has 0 radical (unpaired) electrons. The van der Waals surface area contributed by atoms with Crippen molar-refractivity contribution < 1.29 is 21.6 Å². The molecule has 0 aromatic heterocycles. The molecule has 0 spiro atoms. The minimum atomic E-state index is -3.64. The zero-order chi connectivity index (χ0) is 22.0. The first-order valence-corrected chi connectivity index (χ1v) is 12.5. The summed E-state index contributed by atoms with van der Waals surface area (Å²) in [6.07, 6.45) is 1.12. The fourth-order valence-electron chi connectivity index (χ4n) is 2.80. The minimum absolute atomic E-state index is 0.0800. The fraction of sp³-hybridized carbons (Fsp3) is 0.350. The summed E-state index contributed by atoms with van der Waals surface area (Å²) in [6, 6.07) is 11.4. The average molecular weight is 439 g/mol. The average Bonchev–Trinajstić information content (AvgIpc) is 2.60. The Morgan fingerprint density at radius 2 is 1.31 bits per heavy atom. The largest absolute Gasteiger partial charge is 0.306 e. The van der Waals surface area contributed by atoms with Gasteiger partial charge in [-0.3, -0.25) is 4.79 Å². The molecule has 2 aromatic carbocycles. The first-order valence-electron chi connectivity index (χ1n) is 9.09. The van der Waals surface area contributed by atoms with Crippen LogP contribution in [-0.2, 0) is 19.9 Å². The Hall–Kier alpha value is -2.23. The van der Waals surface area contributed by atoms with Crippen LogP contribution in [0.3, 0.4) is 0 Å². The normalized spacial score (nSPS) is 12.4. The van der Waals surface area contributed by atoms with Gasteiger partial charge in [0.25, 0.3) is 5.91 Å². The molecular weight excluding hydrogens is 412 g/mol. The molecule has 0 unspecified atom stereocenters. The van der Waals surface area contributed by atoms with Gasteiger partial charge in [0.1, 0.15) is 0 Å². The van der Waals surface area contributed by atoms with E-state index >= 15 is 0 Å². The number of nitrogens with one attached hydrogen (secondary N) is 1. The highest BCUT2D eigenvalue weighted by atomic mass is 32.2. The zero-order valence-corrected chi connectivity index (χ0v) is 18.7. The predicted molar refractivity (Wildman–Crippen MR) is 113 cm³/mol. The minimum Gasteiger partial charge on any atom is -0.306 e. The lowest BCUT2D eigenvalue weighted by atomic mass is 10.1. The summed E-state index contributed by atoms with van der Waals surface area (Å²) >= 11 is 0. The van der Waals surface area contributed by atoms with Crippen LogP contribution in [0.15, 0.2) is 58.3 Å². The molecule has 158 valence electrons. The van der Waals surface area contributed by atoms with E-state index in [0.29, 0.717) is 11.3 Å². The van der Waals surface area contributed by atoms with Crippen LogP contribution >= 0.6 is 0 Å². The van der Waals surface area contributed by atoms with Crippen LogP contribution in [-0.4, -0.2) is 41.1 Å². The van der Waals surface area contributed by atoms with E-state index in [4.69, 9.17) is 0 Å². The number of amides is 1. The third-order valence-corrected chi connectivity index (χ3v) is 6.88. The van der Waals surface area contributed by atoms with Crippen LogP contribution in [0.25, 0.3) is 0 Å². The van der Waals surface area contributed by atoms with Gasteiger partial charge in [0.2, 0.25) is 10.0 Å². The van der Waals surface area contributed by atoms with E-state index in [1.54, 1.807) is 26.0 Å². The fourth-order valence-corrected chi connectivity index (χ4v) is 4.68. The summed E-state index contributed by atoms with van der Waals surface area (Å²) in [5.41, 5.74) is 0.880. The number of nitrogens with zero attached hydrogens (tertiary/aromatic N) is 1. The maximum atomic E-state index is 13.0. The number of hydrogen-bond acceptors (Lipinski definition) is 5. The monoisotopic (exact) mass is 438 g/mol. The Kier molecular flexibility index (Phi) is 6.87. The van der Waals surface area contributed by atoms with Gasteiger partial charge in [-0.2, -0.15) is 0 Å². The second-order valence-corrected chi connectivity index (χ2v) is 11.1. The number of rotatable bonds is 7. The van der Waals surface area contributed by atoms with E-state index in [0.717, 1.165) is 6.26 Å². The van der Waals surface area contributed by atoms with Gasteiger partial charge >= 0.3 is 0 Å². The summed E-state index contributed by atoms with van der Waals surface area (Å²) in [5, 5.41) is 0. The standard InChI is InChI=1S/C20H26N2O5S2/c1-14(2)21-29(26,27)19-10-6-16(7-11-19)20(23)22(15(3)4)17-8-12-18(13-9-17)28(5,24)25/h6-15,21H,1-5H3. The molecule has 1 N–H and O–H groups in total. The number of hydrogen-bond donors (Lipinski definition) is 1. The lowest BCUT2D eigenvalue weighted by Crippen LogP contribution is -2.37. The van der Waals surface area contributed by atoms with Gasteiger partial charge in [0.05, 0.1) is 9.79 Å². The second kappa shape index (κ2) is 8.64. The molecule has 0 aliphatic rings. The van der Waals surface area contributed by atoms with Crippen LogP contribution in [0.1, 0.15) is 38.1 Å². The highest BCUT2D eigenvalue weighted by Gasteiger charge is 2.22. The quantitative estimate of drug-likeness (QED) is 0.716. The van der Waals surface area contributed by atoms with Gasteiger partial charge in [0.15, 0.2) is 9.84 Å². The van der Waals surface area contributed by atoms with Gasteiger partial charge < -0.3 is 4.90 Å². The summed E-state index contributed by atoms with van der Waals surface area (Å²) in [5.74, 6) is -0.312. The molecule has 0 bridgehead atoms. The van der Waals surface area contributed by atoms with E-state index in [9.17, 15) is 21.6 Å². The maximum absolute atomic E-state index is 13.0. The first-order chi connectivity index (χ1) is 13.3. The Morgan fingerprint density at radius 3 is 1.72 bits per heavy atom. The Bertz CT molecular complexity index is 1070. The molecule has 0 aliphatic carbocycles. The predicted octanol–water partition coefficient (Wildman–Crippen LogP) is 2.83. The highest BCUT2D eigenvalue weighted by Crippen LogP contribution is 2.23. The van der Waals surface area contributed by atoms with Crippen LogP contribution in [0.5, 0.6) is 0 Å². The Labute approximate surface area is 172 Å². The lowest BCUT2D eigenvalue weighted by Gasteiger charge is -2.27. The van der Waals surface area contributed by atoms with E-state index in [1.165, 1.54) is 41.3 Å². The van der Waals surface area contributed by atoms with Gasteiger partial charge in [-0.05, 0) is 76.2 Å². The van der Waals surface area contributed by atoms with Crippen molar-refractivity contribution in [1.29, 1.82) is 0 Å². The smallest absolute Gasteiger partial charge is 0.258 e. The molecule has 0 fully saturated rings.